The summed E-state index contributed by atoms with van der Waals surface area (Å²) in [5, 5.41) is 15.1. The lowest BCUT2D eigenvalue weighted by Gasteiger charge is -2.24. The summed E-state index contributed by atoms with van der Waals surface area (Å²) >= 11 is 8.18. The molecular weight excluding hydrogens is 514 g/mol. The molecule has 0 spiro atoms. The Balaban J connectivity index is 1.38. The quantitative estimate of drug-likeness (QED) is 0.351. The van der Waals surface area contributed by atoms with Crippen LogP contribution in [-0.2, 0) is 0 Å². The number of carbonyl (C=O) groups is 2. The molecule has 1 aliphatic heterocycles. The SMILES string of the molecule is Cc1cc2ccnn2c(C(=O)NCC2CC2)c1NC(=O)c1cc(OC2CSC2)nn1-c1ncccc1Cl. The van der Waals surface area contributed by atoms with E-state index in [1.54, 1.807) is 46.9 Å². The second kappa shape index (κ2) is 9.71. The van der Waals surface area contributed by atoms with Crippen molar-refractivity contribution in [3.63, 3.8) is 0 Å². The van der Waals surface area contributed by atoms with Crippen molar-refractivity contribution in [2.75, 3.05) is 23.4 Å². The highest BCUT2D eigenvalue weighted by Gasteiger charge is 2.28. The Morgan fingerprint density at radius 3 is 2.76 bits per heavy atom. The van der Waals surface area contributed by atoms with Gasteiger partial charge in [-0.1, -0.05) is 11.6 Å². The van der Waals surface area contributed by atoms with Gasteiger partial charge in [-0.15, -0.1) is 5.10 Å². The van der Waals surface area contributed by atoms with Crippen LogP contribution in [0.4, 0.5) is 5.69 Å². The van der Waals surface area contributed by atoms with E-state index in [9.17, 15) is 9.59 Å². The molecule has 12 heteroatoms. The van der Waals surface area contributed by atoms with E-state index in [2.05, 4.69) is 25.8 Å². The third kappa shape index (κ3) is 4.76. The van der Waals surface area contributed by atoms with Crippen molar-refractivity contribution < 1.29 is 14.3 Å². The molecule has 190 valence electrons. The first kappa shape index (κ1) is 23.8. The van der Waals surface area contributed by atoms with E-state index in [1.165, 1.54) is 4.68 Å². The summed E-state index contributed by atoms with van der Waals surface area (Å²) < 4.78 is 8.86. The molecule has 0 unspecified atom stereocenters. The first-order chi connectivity index (χ1) is 18.0. The first-order valence-electron chi connectivity index (χ1n) is 12.0. The topological polar surface area (TPSA) is 115 Å². The van der Waals surface area contributed by atoms with Gasteiger partial charge in [0.25, 0.3) is 11.8 Å². The Bertz CT molecular complexity index is 1510. The number of aromatic nitrogens is 5. The second-order valence-electron chi connectivity index (χ2n) is 9.19. The lowest BCUT2D eigenvalue weighted by molar-refractivity contribution is 0.0945. The Labute approximate surface area is 221 Å². The molecule has 0 radical (unpaired) electrons. The number of anilines is 1. The maximum absolute atomic E-state index is 13.7. The molecule has 2 N–H and O–H groups in total. The number of halogens is 1. The lowest BCUT2D eigenvalue weighted by Crippen LogP contribution is -2.31. The van der Waals surface area contributed by atoms with Crippen LogP contribution in [-0.4, -0.2) is 60.3 Å². The third-order valence-corrected chi connectivity index (χ3v) is 7.85. The second-order valence-corrected chi connectivity index (χ2v) is 10.7. The number of fused-ring (bicyclic) bond motifs is 1. The van der Waals surface area contributed by atoms with Crippen LogP contribution in [0.5, 0.6) is 5.88 Å². The maximum Gasteiger partial charge on any atom is 0.274 e. The molecule has 0 atom stereocenters. The van der Waals surface area contributed by atoms with Gasteiger partial charge in [-0.2, -0.15) is 16.9 Å². The number of rotatable bonds is 8. The molecule has 2 amide bonds. The fourth-order valence-corrected chi connectivity index (χ4v) is 4.88. The monoisotopic (exact) mass is 537 g/mol. The van der Waals surface area contributed by atoms with Crippen molar-refractivity contribution >= 4 is 46.4 Å². The molecule has 0 aromatic carbocycles. The zero-order chi connectivity index (χ0) is 25.5. The number of pyridine rings is 2. The van der Waals surface area contributed by atoms with Gasteiger partial charge in [0, 0.05) is 30.3 Å². The predicted molar refractivity (Wildman–Crippen MR) is 141 cm³/mol. The molecule has 1 saturated heterocycles. The van der Waals surface area contributed by atoms with Crippen LogP contribution in [0, 0.1) is 12.8 Å². The molecule has 5 heterocycles. The Morgan fingerprint density at radius 1 is 1.19 bits per heavy atom. The standard InChI is InChI=1S/C25H24ClN7O3S/c1-14-9-16-6-8-29-32(16)22(25(35)28-11-15-4-5-15)21(14)30-24(34)19-10-20(36-17-12-37-13-17)31-33(19)23-18(26)3-2-7-27-23/h2-3,6-10,15,17H,4-5,11-13H2,1H3,(H,28,35)(H,30,34). The molecule has 0 bridgehead atoms. The Morgan fingerprint density at radius 2 is 2.03 bits per heavy atom. The van der Waals surface area contributed by atoms with Gasteiger partial charge in [-0.05, 0) is 55.5 Å². The predicted octanol–water partition coefficient (Wildman–Crippen LogP) is 3.76. The lowest BCUT2D eigenvalue weighted by atomic mass is 10.1. The Hall–Kier alpha value is -3.57. The largest absolute Gasteiger partial charge is 0.472 e. The summed E-state index contributed by atoms with van der Waals surface area (Å²) in [6, 6.07) is 8.63. The van der Waals surface area contributed by atoms with Crippen molar-refractivity contribution in [1.29, 1.82) is 0 Å². The van der Waals surface area contributed by atoms with Crippen molar-refractivity contribution in [2.45, 2.75) is 25.9 Å². The Kier molecular flexibility index (Phi) is 6.25. The summed E-state index contributed by atoms with van der Waals surface area (Å²) in [4.78, 5) is 31.3. The van der Waals surface area contributed by atoms with Crippen LogP contribution in [0.15, 0.2) is 42.7 Å². The summed E-state index contributed by atoms with van der Waals surface area (Å²) in [5.74, 6) is 2.05. The van der Waals surface area contributed by atoms with E-state index in [1.807, 2.05) is 19.1 Å². The van der Waals surface area contributed by atoms with Gasteiger partial charge in [0.15, 0.2) is 11.5 Å². The van der Waals surface area contributed by atoms with Crippen LogP contribution in [0.3, 0.4) is 0 Å². The molecule has 6 rings (SSSR count). The molecule has 1 saturated carbocycles. The van der Waals surface area contributed by atoms with Crippen LogP contribution >= 0.6 is 23.4 Å². The average Bonchev–Trinajstić information content (AvgIpc) is 3.41. The van der Waals surface area contributed by atoms with Crippen molar-refractivity contribution in [3.8, 4) is 11.7 Å². The van der Waals surface area contributed by atoms with Gasteiger partial charge < -0.3 is 15.4 Å². The van der Waals surface area contributed by atoms with E-state index < -0.39 is 5.91 Å². The summed E-state index contributed by atoms with van der Waals surface area (Å²) in [5.41, 5.74) is 2.28. The number of ether oxygens (including phenoxy) is 1. The van der Waals surface area contributed by atoms with Crippen LogP contribution < -0.4 is 15.4 Å². The molecule has 4 aromatic heterocycles. The minimum atomic E-state index is -0.488. The number of hydrogen-bond donors (Lipinski definition) is 2. The number of thioether (sulfide) groups is 1. The highest BCUT2D eigenvalue weighted by Crippen LogP contribution is 2.30. The number of nitrogens with zero attached hydrogens (tertiary/aromatic N) is 5. The third-order valence-electron chi connectivity index (χ3n) is 6.34. The number of nitrogens with one attached hydrogen (secondary N) is 2. The van der Waals surface area contributed by atoms with E-state index in [-0.39, 0.29) is 23.4 Å². The molecular formula is C25H24ClN7O3S. The molecule has 4 aromatic rings. The smallest absolute Gasteiger partial charge is 0.274 e. The highest BCUT2D eigenvalue weighted by atomic mass is 35.5. The van der Waals surface area contributed by atoms with Gasteiger partial charge >= 0.3 is 0 Å². The summed E-state index contributed by atoms with van der Waals surface area (Å²) in [6.07, 6.45) is 5.46. The average molecular weight is 538 g/mol. The number of hydrogen-bond acceptors (Lipinski definition) is 7. The number of carbonyl (C=O) groups excluding carboxylic acids is 2. The molecule has 1 aliphatic carbocycles. The number of aryl methyl sites for hydroxylation is 1. The fourth-order valence-electron chi connectivity index (χ4n) is 4.11. The molecule has 2 fully saturated rings. The minimum Gasteiger partial charge on any atom is -0.472 e. The van der Waals surface area contributed by atoms with Gasteiger partial charge in [0.2, 0.25) is 5.88 Å². The van der Waals surface area contributed by atoms with Crippen LogP contribution in [0.1, 0.15) is 39.4 Å². The number of amides is 2. The van der Waals surface area contributed by atoms with E-state index >= 15 is 0 Å². The van der Waals surface area contributed by atoms with Gasteiger partial charge in [0.1, 0.15) is 11.8 Å². The van der Waals surface area contributed by atoms with Crippen molar-refractivity contribution in [2.24, 2.45) is 5.92 Å². The first-order valence-corrected chi connectivity index (χ1v) is 13.5. The molecule has 10 nitrogen and oxygen atoms in total. The highest BCUT2D eigenvalue weighted by molar-refractivity contribution is 8.00. The molecule has 2 aliphatic rings. The van der Waals surface area contributed by atoms with Crippen molar-refractivity contribution in [3.05, 3.63) is 64.7 Å². The van der Waals surface area contributed by atoms with Gasteiger partial charge in [-0.25, -0.2) is 14.2 Å². The van der Waals surface area contributed by atoms with E-state index in [0.717, 1.165) is 35.4 Å². The van der Waals surface area contributed by atoms with E-state index in [0.29, 0.717) is 34.9 Å². The van der Waals surface area contributed by atoms with Crippen molar-refractivity contribution in [1.82, 2.24) is 29.7 Å². The van der Waals surface area contributed by atoms with E-state index in [4.69, 9.17) is 16.3 Å². The van der Waals surface area contributed by atoms with Crippen LogP contribution in [0.2, 0.25) is 5.02 Å². The summed E-state index contributed by atoms with van der Waals surface area (Å²) in [6.45, 7) is 2.43. The van der Waals surface area contributed by atoms with Gasteiger partial charge in [0.05, 0.1) is 22.4 Å². The normalized spacial score (nSPS) is 15.4. The summed E-state index contributed by atoms with van der Waals surface area (Å²) in [7, 11) is 0. The fraction of sp³-hybridized carbons (Fsp3) is 0.320. The molecule has 37 heavy (non-hydrogen) atoms. The van der Waals surface area contributed by atoms with Gasteiger partial charge in [-0.3, -0.25) is 9.59 Å². The minimum absolute atomic E-state index is 0.0368. The zero-order valence-electron chi connectivity index (χ0n) is 20.0. The van der Waals surface area contributed by atoms with Crippen LogP contribution in [0.25, 0.3) is 11.3 Å². The maximum atomic E-state index is 13.7. The zero-order valence-corrected chi connectivity index (χ0v) is 21.6.